The lowest BCUT2D eigenvalue weighted by Gasteiger charge is -2.26. The molecule has 1 aliphatic rings. The van der Waals surface area contributed by atoms with Crippen molar-refractivity contribution in [3.63, 3.8) is 0 Å². The number of morpholine rings is 1. The van der Waals surface area contributed by atoms with E-state index in [0.29, 0.717) is 10.4 Å². The summed E-state index contributed by atoms with van der Waals surface area (Å²) in [5.74, 6) is 0.749. The number of ketones is 1. The molecule has 0 spiro atoms. The number of carbonyl (C=O) groups excluding carboxylic acids is 1. The van der Waals surface area contributed by atoms with E-state index in [2.05, 4.69) is 9.47 Å². The first-order valence-electron chi connectivity index (χ1n) is 9.35. The van der Waals surface area contributed by atoms with E-state index in [0.717, 1.165) is 66.1 Å². The summed E-state index contributed by atoms with van der Waals surface area (Å²) in [6.07, 6.45) is 0. The van der Waals surface area contributed by atoms with E-state index in [1.54, 1.807) is 31.4 Å². The molecule has 0 aliphatic carbocycles. The van der Waals surface area contributed by atoms with Gasteiger partial charge in [-0.05, 0) is 37.3 Å². The number of ether oxygens (including phenoxy) is 2. The van der Waals surface area contributed by atoms with Gasteiger partial charge in [-0.15, -0.1) is 11.3 Å². The van der Waals surface area contributed by atoms with Gasteiger partial charge in [0, 0.05) is 42.8 Å². The molecule has 0 amide bonds. The van der Waals surface area contributed by atoms with Gasteiger partial charge in [-0.2, -0.15) is 0 Å². The molecule has 0 unspecified atom stereocenters. The van der Waals surface area contributed by atoms with Gasteiger partial charge < -0.3 is 14.0 Å². The van der Waals surface area contributed by atoms with E-state index in [9.17, 15) is 4.79 Å². The van der Waals surface area contributed by atoms with E-state index in [4.69, 9.17) is 21.1 Å². The highest BCUT2D eigenvalue weighted by atomic mass is 35.5. The van der Waals surface area contributed by atoms with Gasteiger partial charge in [0.2, 0.25) is 5.78 Å². The van der Waals surface area contributed by atoms with Crippen LogP contribution in [-0.2, 0) is 11.3 Å². The molecule has 2 aromatic heterocycles. The van der Waals surface area contributed by atoms with Crippen molar-refractivity contribution in [1.82, 2.24) is 9.47 Å². The molecule has 0 saturated carbocycles. The van der Waals surface area contributed by atoms with Crippen LogP contribution in [0.5, 0.6) is 5.75 Å². The minimum Gasteiger partial charge on any atom is -0.497 e. The molecule has 5 nitrogen and oxygen atoms in total. The normalized spacial score (nSPS) is 15.2. The van der Waals surface area contributed by atoms with Crippen LogP contribution >= 0.6 is 22.9 Å². The molecular weight excluding hydrogens is 396 g/mol. The highest BCUT2D eigenvalue weighted by Gasteiger charge is 2.20. The minimum atomic E-state index is 0.0114. The minimum absolute atomic E-state index is 0.0114. The fourth-order valence-electron chi connectivity index (χ4n) is 3.54. The van der Waals surface area contributed by atoms with Crippen LogP contribution in [0.25, 0.3) is 10.2 Å². The number of hydrogen-bond donors (Lipinski definition) is 0. The topological polar surface area (TPSA) is 43.7 Å². The van der Waals surface area contributed by atoms with Gasteiger partial charge in [0.1, 0.15) is 10.6 Å². The maximum atomic E-state index is 12.9. The number of nitrogens with zero attached hydrogens (tertiary/aromatic N) is 2. The van der Waals surface area contributed by atoms with Crippen LogP contribution in [0.1, 0.15) is 20.9 Å². The second-order valence-corrected chi connectivity index (χ2v) is 8.30. The van der Waals surface area contributed by atoms with Crippen molar-refractivity contribution in [2.75, 3.05) is 40.0 Å². The molecule has 4 rings (SSSR count). The number of rotatable bonds is 6. The van der Waals surface area contributed by atoms with Crippen LogP contribution in [0.15, 0.2) is 30.3 Å². The van der Waals surface area contributed by atoms with Gasteiger partial charge in [-0.3, -0.25) is 9.69 Å². The van der Waals surface area contributed by atoms with Gasteiger partial charge in [-0.25, -0.2) is 0 Å². The quantitative estimate of drug-likeness (QED) is 0.562. The molecule has 1 fully saturated rings. The maximum absolute atomic E-state index is 12.9. The Morgan fingerprint density at radius 3 is 2.61 bits per heavy atom. The third-order valence-electron chi connectivity index (χ3n) is 5.24. The monoisotopic (exact) mass is 418 g/mol. The lowest BCUT2D eigenvalue weighted by molar-refractivity contribution is 0.0365. The number of methoxy groups -OCH3 is 1. The largest absolute Gasteiger partial charge is 0.497 e. The number of halogens is 1. The van der Waals surface area contributed by atoms with Gasteiger partial charge in [0.25, 0.3) is 0 Å². The Bertz CT molecular complexity index is 987. The number of hydrogen-bond acceptors (Lipinski definition) is 5. The second-order valence-electron chi connectivity index (χ2n) is 6.89. The number of aromatic nitrogens is 1. The van der Waals surface area contributed by atoms with Gasteiger partial charge in [-0.1, -0.05) is 11.6 Å². The molecule has 148 valence electrons. The molecular formula is C21H23ClN2O3S. The Morgan fingerprint density at radius 1 is 1.21 bits per heavy atom. The van der Waals surface area contributed by atoms with Crippen molar-refractivity contribution in [2.45, 2.75) is 13.5 Å². The Hall–Kier alpha value is -1.86. The average Bonchev–Trinajstić information content (AvgIpc) is 3.26. The lowest BCUT2D eigenvalue weighted by atomic mass is 10.1. The summed E-state index contributed by atoms with van der Waals surface area (Å²) < 4.78 is 12.8. The average molecular weight is 419 g/mol. The molecule has 7 heteroatoms. The predicted octanol–water partition coefficient (Wildman–Crippen LogP) is 4.24. The number of fused-ring (bicyclic) bond motifs is 1. The van der Waals surface area contributed by atoms with E-state index in [1.807, 2.05) is 13.0 Å². The van der Waals surface area contributed by atoms with Crippen LogP contribution in [0.2, 0.25) is 5.02 Å². The molecule has 0 radical (unpaired) electrons. The molecule has 28 heavy (non-hydrogen) atoms. The summed E-state index contributed by atoms with van der Waals surface area (Å²) in [4.78, 5) is 17.1. The zero-order chi connectivity index (χ0) is 19.7. The van der Waals surface area contributed by atoms with E-state index in [1.165, 1.54) is 11.3 Å². The van der Waals surface area contributed by atoms with Crippen molar-refractivity contribution in [3.8, 4) is 5.75 Å². The van der Waals surface area contributed by atoms with E-state index < -0.39 is 0 Å². The molecule has 3 aromatic rings. The Labute approximate surface area is 173 Å². The zero-order valence-corrected chi connectivity index (χ0v) is 17.6. The lowest BCUT2D eigenvalue weighted by Crippen LogP contribution is -2.38. The second kappa shape index (κ2) is 8.25. The predicted molar refractivity (Wildman–Crippen MR) is 113 cm³/mol. The Kier molecular flexibility index (Phi) is 5.73. The van der Waals surface area contributed by atoms with Crippen molar-refractivity contribution >= 4 is 38.9 Å². The first-order chi connectivity index (χ1) is 13.6. The van der Waals surface area contributed by atoms with Gasteiger partial charge in [0.15, 0.2) is 0 Å². The zero-order valence-electron chi connectivity index (χ0n) is 16.0. The summed E-state index contributed by atoms with van der Waals surface area (Å²) in [7, 11) is 1.61. The van der Waals surface area contributed by atoms with Gasteiger partial charge >= 0.3 is 0 Å². The summed E-state index contributed by atoms with van der Waals surface area (Å²) in [5.41, 5.74) is 1.71. The van der Waals surface area contributed by atoms with Crippen molar-refractivity contribution < 1.29 is 14.3 Å². The third-order valence-corrected chi connectivity index (χ3v) is 6.87. The number of benzene rings is 1. The smallest absolute Gasteiger partial charge is 0.203 e. The van der Waals surface area contributed by atoms with Crippen LogP contribution in [0, 0.1) is 6.92 Å². The molecule has 0 bridgehead atoms. The van der Waals surface area contributed by atoms with E-state index in [-0.39, 0.29) is 5.78 Å². The van der Waals surface area contributed by atoms with Crippen LogP contribution in [-0.4, -0.2) is 55.2 Å². The fraction of sp³-hybridized carbons (Fsp3) is 0.381. The maximum Gasteiger partial charge on any atom is 0.203 e. The van der Waals surface area contributed by atoms with Crippen molar-refractivity contribution in [2.24, 2.45) is 0 Å². The van der Waals surface area contributed by atoms with Crippen LogP contribution in [0.3, 0.4) is 0 Å². The molecule has 1 aromatic carbocycles. The first-order valence-corrected chi connectivity index (χ1v) is 10.5. The van der Waals surface area contributed by atoms with E-state index >= 15 is 0 Å². The summed E-state index contributed by atoms with van der Waals surface area (Å²) in [6, 6.07) is 9.13. The molecule has 3 heterocycles. The first kappa shape index (κ1) is 19.5. The Balaban J connectivity index is 1.60. The van der Waals surface area contributed by atoms with Crippen LogP contribution in [0.4, 0.5) is 0 Å². The fourth-order valence-corrected chi connectivity index (χ4v) is 5.04. The van der Waals surface area contributed by atoms with Crippen molar-refractivity contribution in [3.05, 3.63) is 51.5 Å². The summed E-state index contributed by atoms with van der Waals surface area (Å²) in [5, 5.41) is 1.70. The highest BCUT2D eigenvalue weighted by Crippen LogP contribution is 2.37. The summed E-state index contributed by atoms with van der Waals surface area (Å²) in [6.45, 7) is 7.35. The molecule has 1 saturated heterocycles. The summed E-state index contributed by atoms with van der Waals surface area (Å²) >= 11 is 8.11. The molecule has 0 N–H and O–H groups in total. The van der Waals surface area contributed by atoms with Gasteiger partial charge in [0.05, 0.1) is 30.2 Å². The SMILES string of the molecule is COc1ccc(C(=O)c2cc3c(Cl)c(C)n(CCN4CCOCC4)c3s2)cc1. The third kappa shape index (κ3) is 3.70. The molecule has 0 atom stereocenters. The Morgan fingerprint density at radius 2 is 1.93 bits per heavy atom. The number of carbonyl (C=O) groups is 1. The van der Waals surface area contributed by atoms with Crippen LogP contribution < -0.4 is 4.74 Å². The number of thiophene rings is 1. The molecule has 1 aliphatic heterocycles. The highest BCUT2D eigenvalue weighted by molar-refractivity contribution is 7.20. The standard InChI is InChI=1S/C21H23ClN2O3S/c1-14-19(22)17-13-18(20(25)15-3-5-16(26-2)6-4-15)28-21(17)24(14)8-7-23-9-11-27-12-10-23/h3-6,13H,7-12H2,1-2H3. The van der Waals surface area contributed by atoms with Crippen molar-refractivity contribution in [1.29, 1.82) is 0 Å².